The Hall–Kier alpha value is -1.27. The Bertz CT molecular complexity index is 488. The summed E-state index contributed by atoms with van der Waals surface area (Å²) in [6.07, 6.45) is -2.58. The molecule has 1 aromatic carbocycles. The maximum atomic E-state index is 12.5. The van der Waals surface area contributed by atoms with Crippen LogP contribution in [0, 0.1) is 0 Å². The summed E-state index contributed by atoms with van der Waals surface area (Å²) in [6, 6.07) is 4.27. The highest BCUT2D eigenvalue weighted by atomic mass is 35.5. The van der Waals surface area contributed by atoms with Crippen molar-refractivity contribution in [2.24, 2.45) is 0 Å². The molecule has 0 bridgehead atoms. The van der Waals surface area contributed by atoms with Gasteiger partial charge in [-0.15, -0.1) is 0 Å². The van der Waals surface area contributed by atoms with Gasteiger partial charge < -0.3 is 22.6 Å². The predicted octanol–water partition coefficient (Wildman–Crippen LogP) is 0.950. The van der Waals surface area contributed by atoms with Crippen molar-refractivity contribution < 1.29 is 30.4 Å². The largest absolute Gasteiger partial charge is 1.00 e. The first kappa shape index (κ1) is 22.7. The third-order valence-electron chi connectivity index (χ3n) is 3.86. The van der Waals surface area contributed by atoms with Crippen LogP contribution in [0.3, 0.4) is 0 Å². The quantitative estimate of drug-likeness (QED) is 0.744. The molecule has 0 fully saturated rings. The van der Waals surface area contributed by atoms with Gasteiger partial charge in [0.25, 0.3) is 5.91 Å². The van der Waals surface area contributed by atoms with Gasteiger partial charge in [0.1, 0.15) is 0 Å². The first-order chi connectivity index (χ1) is 10.8. The average Bonchev–Trinajstić information content (AvgIpc) is 2.51. The minimum absolute atomic E-state index is 0. The summed E-state index contributed by atoms with van der Waals surface area (Å²) < 4.78 is 37.5. The van der Waals surface area contributed by atoms with Crippen LogP contribution in [0.15, 0.2) is 24.3 Å². The second kappa shape index (κ2) is 10.6. The van der Waals surface area contributed by atoms with Crippen LogP contribution in [0.5, 0.6) is 0 Å². The van der Waals surface area contributed by atoms with Crippen LogP contribution in [-0.4, -0.2) is 36.5 Å². The normalized spacial score (nSPS) is 12.6. The van der Waals surface area contributed by atoms with Crippen LogP contribution in [0.4, 0.5) is 13.2 Å². The maximum absolute atomic E-state index is 12.5. The second-order valence-corrected chi connectivity index (χ2v) is 5.62. The summed E-state index contributed by atoms with van der Waals surface area (Å²) in [6.45, 7) is 9.11. The van der Waals surface area contributed by atoms with Crippen LogP contribution in [0.2, 0.25) is 0 Å². The highest BCUT2D eigenvalue weighted by molar-refractivity contribution is 5.94. The molecule has 1 unspecified atom stereocenters. The second-order valence-electron chi connectivity index (χ2n) is 5.62. The Morgan fingerprint density at radius 3 is 2.17 bits per heavy atom. The van der Waals surface area contributed by atoms with Gasteiger partial charge >= 0.3 is 6.18 Å². The lowest BCUT2D eigenvalue weighted by Crippen LogP contribution is -3.00. The van der Waals surface area contributed by atoms with Crippen molar-refractivity contribution in [1.29, 1.82) is 0 Å². The van der Waals surface area contributed by atoms with Crippen molar-refractivity contribution in [2.45, 2.75) is 45.8 Å². The number of amides is 1. The molecule has 1 N–H and O–H groups in total. The zero-order valence-corrected chi connectivity index (χ0v) is 15.0. The van der Waals surface area contributed by atoms with Gasteiger partial charge in [0.05, 0.1) is 5.56 Å². The van der Waals surface area contributed by atoms with Gasteiger partial charge in [-0.2, -0.15) is 13.2 Å². The SMILES string of the molecule is CCN(CC)CCCC(C)NC(=O)c1ccc(C(F)(F)F)cc1.[Cl-]. The number of benzene rings is 1. The van der Waals surface area contributed by atoms with Crippen molar-refractivity contribution >= 4 is 5.91 Å². The smallest absolute Gasteiger partial charge is 0.416 e. The van der Waals surface area contributed by atoms with Gasteiger partial charge in [0.2, 0.25) is 0 Å². The molecule has 1 rings (SSSR count). The standard InChI is InChI=1S/C17H25F3N2O.ClH/c1-4-22(5-2)12-6-7-13(3)21-16(23)14-8-10-15(11-9-14)17(18,19)20;/h8-11,13H,4-7,12H2,1-3H3,(H,21,23);1H/p-1. The zero-order chi connectivity index (χ0) is 17.5. The van der Waals surface area contributed by atoms with Crippen LogP contribution in [0.25, 0.3) is 0 Å². The third kappa shape index (κ3) is 7.53. The van der Waals surface area contributed by atoms with Gasteiger partial charge in [-0.3, -0.25) is 4.79 Å². The Balaban J connectivity index is 0.00000529. The molecular weight excluding hydrogens is 341 g/mol. The van der Waals surface area contributed by atoms with E-state index in [0.717, 1.165) is 44.6 Å². The van der Waals surface area contributed by atoms with Crippen molar-refractivity contribution in [3.05, 3.63) is 35.4 Å². The fourth-order valence-corrected chi connectivity index (χ4v) is 2.35. The van der Waals surface area contributed by atoms with E-state index in [0.29, 0.717) is 0 Å². The molecule has 0 spiro atoms. The molecule has 3 nitrogen and oxygen atoms in total. The lowest BCUT2D eigenvalue weighted by atomic mass is 10.1. The number of alkyl halides is 3. The number of halogens is 4. The van der Waals surface area contributed by atoms with Crippen molar-refractivity contribution in [2.75, 3.05) is 19.6 Å². The van der Waals surface area contributed by atoms with Crippen LogP contribution >= 0.6 is 0 Å². The molecule has 138 valence electrons. The van der Waals surface area contributed by atoms with E-state index in [1.54, 1.807) is 0 Å². The maximum Gasteiger partial charge on any atom is 0.416 e. The van der Waals surface area contributed by atoms with Crippen molar-refractivity contribution in [1.82, 2.24) is 10.2 Å². The van der Waals surface area contributed by atoms with Crippen molar-refractivity contribution in [3.8, 4) is 0 Å². The third-order valence-corrected chi connectivity index (χ3v) is 3.86. The molecule has 1 amide bonds. The minimum Gasteiger partial charge on any atom is -1.00 e. The van der Waals surface area contributed by atoms with Gasteiger partial charge in [-0.05, 0) is 63.7 Å². The number of hydrogen-bond donors (Lipinski definition) is 1. The lowest BCUT2D eigenvalue weighted by Gasteiger charge is -2.19. The molecule has 0 saturated heterocycles. The van der Waals surface area contributed by atoms with E-state index in [9.17, 15) is 18.0 Å². The minimum atomic E-state index is -4.38. The Kier molecular flexibility index (Phi) is 10.0. The molecule has 0 aromatic heterocycles. The van der Waals surface area contributed by atoms with E-state index in [2.05, 4.69) is 24.1 Å². The van der Waals surface area contributed by atoms with Gasteiger partial charge in [0.15, 0.2) is 0 Å². The Labute approximate surface area is 148 Å². The van der Waals surface area contributed by atoms with Gasteiger partial charge in [-0.1, -0.05) is 13.8 Å². The highest BCUT2D eigenvalue weighted by Crippen LogP contribution is 2.29. The molecular formula is C17H25ClF3N2O-. The predicted molar refractivity (Wildman–Crippen MR) is 85.4 cm³/mol. The van der Waals surface area contributed by atoms with Crippen LogP contribution in [0.1, 0.15) is 49.5 Å². The molecule has 1 aromatic rings. The molecule has 0 radical (unpaired) electrons. The Morgan fingerprint density at radius 2 is 1.71 bits per heavy atom. The summed E-state index contributed by atoms with van der Waals surface area (Å²) in [7, 11) is 0. The number of rotatable bonds is 8. The van der Waals surface area contributed by atoms with E-state index >= 15 is 0 Å². The number of nitrogens with one attached hydrogen (secondary N) is 1. The fraction of sp³-hybridized carbons (Fsp3) is 0.588. The van der Waals surface area contributed by atoms with E-state index < -0.39 is 11.7 Å². The van der Waals surface area contributed by atoms with E-state index in [-0.39, 0.29) is 29.9 Å². The lowest BCUT2D eigenvalue weighted by molar-refractivity contribution is -0.137. The topological polar surface area (TPSA) is 32.3 Å². The zero-order valence-electron chi connectivity index (χ0n) is 14.3. The number of hydrogen-bond acceptors (Lipinski definition) is 2. The van der Waals surface area contributed by atoms with E-state index in [1.807, 2.05) is 6.92 Å². The summed E-state index contributed by atoms with van der Waals surface area (Å²) in [4.78, 5) is 14.3. The van der Waals surface area contributed by atoms with Crippen LogP contribution < -0.4 is 17.7 Å². The fourth-order valence-electron chi connectivity index (χ4n) is 2.35. The van der Waals surface area contributed by atoms with Crippen molar-refractivity contribution in [3.63, 3.8) is 0 Å². The molecule has 0 aliphatic rings. The molecule has 0 aliphatic carbocycles. The highest BCUT2D eigenvalue weighted by Gasteiger charge is 2.30. The summed E-state index contributed by atoms with van der Waals surface area (Å²) >= 11 is 0. The summed E-state index contributed by atoms with van der Waals surface area (Å²) in [5, 5.41) is 2.83. The monoisotopic (exact) mass is 365 g/mol. The first-order valence-corrected chi connectivity index (χ1v) is 7.98. The van der Waals surface area contributed by atoms with E-state index in [4.69, 9.17) is 0 Å². The van der Waals surface area contributed by atoms with Crippen LogP contribution in [-0.2, 0) is 6.18 Å². The summed E-state index contributed by atoms with van der Waals surface area (Å²) in [5.41, 5.74) is -0.505. The van der Waals surface area contributed by atoms with E-state index in [1.165, 1.54) is 12.1 Å². The number of nitrogens with zero attached hydrogens (tertiary/aromatic N) is 1. The summed E-state index contributed by atoms with van der Waals surface area (Å²) in [5.74, 6) is -0.339. The molecule has 0 heterocycles. The number of carbonyl (C=O) groups is 1. The Morgan fingerprint density at radius 1 is 1.17 bits per heavy atom. The average molecular weight is 366 g/mol. The molecule has 1 atom stereocenters. The van der Waals surface area contributed by atoms with Gasteiger partial charge in [0, 0.05) is 11.6 Å². The molecule has 24 heavy (non-hydrogen) atoms. The first-order valence-electron chi connectivity index (χ1n) is 7.98. The molecule has 7 heteroatoms. The molecule has 0 aliphatic heterocycles. The molecule has 0 saturated carbocycles. The van der Waals surface area contributed by atoms with Gasteiger partial charge in [-0.25, -0.2) is 0 Å². The number of carbonyl (C=O) groups excluding carboxylic acids is 1.